The molecule has 0 bridgehead atoms. The third-order valence-corrected chi connectivity index (χ3v) is 4.41. The molecular formula is C20H24N2. The summed E-state index contributed by atoms with van der Waals surface area (Å²) in [4.78, 5) is 2.33. The zero-order chi connectivity index (χ0) is 15.7. The van der Waals surface area contributed by atoms with E-state index in [1.807, 2.05) is 12.1 Å². The summed E-state index contributed by atoms with van der Waals surface area (Å²) in [5, 5.41) is 0. The lowest BCUT2D eigenvalue weighted by molar-refractivity contribution is 0.663. The second-order valence-electron chi connectivity index (χ2n) is 6.33. The van der Waals surface area contributed by atoms with Gasteiger partial charge in [0.15, 0.2) is 0 Å². The zero-order valence-corrected chi connectivity index (χ0v) is 13.7. The lowest BCUT2D eigenvalue weighted by Crippen LogP contribution is -2.20. The van der Waals surface area contributed by atoms with Crippen LogP contribution in [-0.4, -0.2) is 7.05 Å². The summed E-state index contributed by atoms with van der Waals surface area (Å²) >= 11 is 0. The standard InChI is InChI=1S/C20H24N2/c1-14-11-15(2)13-19(12-14)22(3)20(16-5-4-6-16)17-7-9-18(21)10-8-17/h7-13H,4-6,21H2,1-3H3. The number of hydrogen-bond acceptors (Lipinski definition) is 2. The quantitative estimate of drug-likeness (QED) is 0.814. The molecule has 2 heteroatoms. The highest BCUT2D eigenvalue weighted by Gasteiger charge is 2.20. The van der Waals surface area contributed by atoms with Crippen molar-refractivity contribution in [2.24, 2.45) is 0 Å². The number of nitrogens with two attached hydrogens (primary N) is 1. The van der Waals surface area contributed by atoms with Crippen LogP contribution in [0.1, 0.15) is 36.0 Å². The molecule has 0 radical (unpaired) electrons. The number of aryl methyl sites for hydroxylation is 2. The first-order valence-corrected chi connectivity index (χ1v) is 7.94. The van der Waals surface area contributed by atoms with E-state index in [0.29, 0.717) is 0 Å². The summed E-state index contributed by atoms with van der Waals surface area (Å²) in [6, 6.07) is 15.0. The molecule has 0 amide bonds. The van der Waals surface area contributed by atoms with Crippen molar-refractivity contribution in [3.8, 4) is 0 Å². The molecular weight excluding hydrogens is 268 g/mol. The summed E-state index contributed by atoms with van der Waals surface area (Å²) < 4.78 is 0. The van der Waals surface area contributed by atoms with Gasteiger partial charge in [-0.05, 0) is 79.6 Å². The van der Waals surface area contributed by atoms with E-state index >= 15 is 0 Å². The number of anilines is 2. The minimum atomic E-state index is 0.816. The predicted octanol–water partition coefficient (Wildman–Crippen LogP) is 4.92. The number of rotatable bonds is 3. The van der Waals surface area contributed by atoms with Crippen LogP contribution in [0.2, 0.25) is 0 Å². The van der Waals surface area contributed by atoms with Gasteiger partial charge in [0.2, 0.25) is 0 Å². The minimum Gasteiger partial charge on any atom is -0.399 e. The molecule has 1 aliphatic carbocycles. The van der Waals surface area contributed by atoms with Crippen molar-refractivity contribution in [2.45, 2.75) is 33.1 Å². The van der Waals surface area contributed by atoms with Crippen molar-refractivity contribution in [2.75, 3.05) is 17.7 Å². The van der Waals surface area contributed by atoms with Gasteiger partial charge in [0.05, 0.1) is 0 Å². The topological polar surface area (TPSA) is 29.3 Å². The van der Waals surface area contributed by atoms with Gasteiger partial charge in [-0.1, -0.05) is 18.2 Å². The molecule has 0 saturated heterocycles. The molecule has 1 aliphatic rings. The summed E-state index contributed by atoms with van der Waals surface area (Å²) in [7, 11) is 2.17. The van der Waals surface area contributed by atoms with Gasteiger partial charge in [-0.15, -0.1) is 0 Å². The number of hydrogen-bond donors (Lipinski definition) is 1. The molecule has 2 aromatic carbocycles. The van der Waals surface area contributed by atoms with Gasteiger partial charge in [-0.2, -0.15) is 0 Å². The van der Waals surface area contributed by atoms with Crippen LogP contribution < -0.4 is 10.6 Å². The lowest BCUT2D eigenvalue weighted by Gasteiger charge is -2.31. The average molecular weight is 292 g/mol. The Morgan fingerprint density at radius 3 is 2.05 bits per heavy atom. The third kappa shape index (κ3) is 2.87. The maximum atomic E-state index is 5.85. The zero-order valence-electron chi connectivity index (χ0n) is 13.7. The first-order valence-electron chi connectivity index (χ1n) is 7.94. The average Bonchev–Trinajstić information content (AvgIpc) is 2.42. The van der Waals surface area contributed by atoms with Crippen LogP contribution in [0.25, 0.3) is 5.70 Å². The van der Waals surface area contributed by atoms with Gasteiger partial charge in [0, 0.05) is 24.1 Å². The molecule has 0 spiro atoms. The molecule has 2 aromatic rings. The lowest BCUT2D eigenvalue weighted by atomic mass is 9.87. The maximum Gasteiger partial charge on any atom is 0.0473 e. The van der Waals surface area contributed by atoms with E-state index in [-0.39, 0.29) is 0 Å². The molecule has 2 nitrogen and oxygen atoms in total. The van der Waals surface area contributed by atoms with E-state index in [0.717, 1.165) is 5.69 Å². The Hall–Kier alpha value is -2.22. The first-order chi connectivity index (χ1) is 10.5. The minimum absolute atomic E-state index is 0.816. The summed E-state index contributed by atoms with van der Waals surface area (Å²) in [6.45, 7) is 4.31. The van der Waals surface area contributed by atoms with Crippen LogP contribution in [0, 0.1) is 13.8 Å². The van der Waals surface area contributed by atoms with Crippen LogP contribution in [0.15, 0.2) is 48.0 Å². The second kappa shape index (κ2) is 5.88. The fourth-order valence-electron chi connectivity index (χ4n) is 3.14. The molecule has 0 heterocycles. The Bertz CT molecular complexity index is 685. The van der Waals surface area contributed by atoms with Crippen molar-refractivity contribution in [1.29, 1.82) is 0 Å². The third-order valence-electron chi connectivity index (χ3n) is 4.41. The van der Waals surface area contributed by atoms with E-state index in [1.54, 1.807) is 5.57 Å². The van der Waals surface area contributed by atoms with Crippen molar-refractivity contribution >= 4 is 17.1 Å². The molecule has 1 saturated carbocycles. The summed E-state index contributed by atoms with van der Waals surface area (Å²) in [5.41, 5.74) is 14.7. The number of nitrogens with zero attached hydrogens (tertiary/aromatic N) is 1. The molecule has 2 N–H and O–H groups in total. The van der Waals surface area contributed by atoms with Gasteiger partial charge in [-0.3, -0.25) is 0 Å². The normalized spacial score (nSPS) is 13.7. The Morgan fingerprint density at radius 1 is 0.955 bits per heavy atom. The molecule has 1 fully saturated rings. The van der Waals surface area contributed by atoms with Crippen LogP contribution in [-0.2, 0) is 0 Å². The number of allylic oxidation sites excluding steroid dienone is 1. The van der Waals surface area contributed by atoms with Gasteiger partial charge in [0.25, 0.3) is 0 Å². The van der Waals surface area contributed by atoms with E-state index in [1.165, 1.54) is 47.3 Å². The molecule has 0 atom stereocenters. The highest BCUT2D eigenvalue weighted by Crippen LogP contribution is 2.37. The molecule has 22 heavy (non-hydrogen) atoms. The number of nitrogen functional groups attached to an aromatic ring is 1. The van der Waals surface area contributed by atoms with Crippen LogP contribution in [0.4, 0.5) is 11.4 Å². The maximum absolute atomic E-state index is 5.85. The van der Waals surface area contributed by atoms with Gasteiger partial charge in [-0.25, -0.2) is 0 Å². The Kier molecular flexibility index (Phi) is 3.93. The van der Waals surface area contributed by atoms with Crippen LogP contribution in [0.5, 0.6) is 0 Å². The second-order valence-corrected chi connectivity index (χ2v) is 6.33. The Labute approximate surface area is 133 Å². The van der Waals surface area contributed by atoms with E-state index in [4.69, 9.17) is 5.73 Å². The monoisotopic (exact) mass is 292 g/mol. The molecule has 0 aliphatic heterocycles. The van der Waals surface area contributed by atoms with E-state index < -0.39 is 0 Å². The van der Waals surface area contributed by atoms with Gasteiger partial charge < -0.3 is 10.6 Å². The Balaban J connectivity index is 2.05. The highest BCUT2D eigenvalue weighted by atomic mass is 15.1. The Morgan fingerprint density at radius 2 is 1.55 bits per heavy atom. The fraction of sp³-hybridized carbons (Fsp3) is 0.300. The van der Waals surface area contributed by atoms with Gasteiger partial charge in [0.1, 0.15) is 0 Å². The predicted molar refractivity (Wildman–Crippen MR) is 95.9 cm³/mol. The molecule has 0 unspecified atom stereocenters. The van der Waals surface area contributed by atoms with E-state index in [2.05, 4.69) is 56.1 Å². The largest absolute Gasteiger partial charge is 0.399 e. The molecule has 0 aromatic heterocycles. The highest BCUT2D eigenvalue weighted by molar-refractivity contribution is 5.82. The van der Waals surface area contributed by atoms with Crippen molar-refractivity contribution in [1.82, 2.24) is 0 Å². The summed E-state index contributed by atoms with van der Waals surface area (Å²) in [5.74, 6) is 0. The molecule has 114 valence electrons. The first kappa shape index (κ1) is 14.7. The SMILES string of the molecule is Cc1cc(C)cc(N(C)C(=C2CCC2)c2ccc(N)cc2)c1. The van der Waals surface area contributed by atoms with Crippen LogP contribution in [0.3, 0.4) is 0 Å². The summed E-state index contributed by atoms with van der Waals surface area (Å²) in [6.07, 6.45) is 3.71. The smallest absolute Gasteiger partial charge is 0.0473 e. The van der Waals surface area contributed by atoms with Crippen molar-refractivity contribution in [3.63, 3.8) is 0 Å². The van der Waals surface area contributed by atoms with Crippen molar-refractivity contribution in [3.05, 3.63) is 64.7 Å². The van der Waals surface area contributed by atoms with Crippen molar-refractivity contribution < 1.29 is 0 Å². The number of benzene rings is 2. The van der Waals surface area contributed by atoms with E-state index in [9.17, 15) is 0 Å². The van der Waals surface area contributed by atoms with Gasteiger partial charge >= 0.3 is 0 Å². The van der Waals surface area contributed by atoms with Crippen LogP contribution >= 0.6 is 0 Å². The fourth-order valence-corrected chi connectivity index (χ4v) is 3.14. The molecule has 3 rings (SSSR count).